The maximum absolute atomic E-state index is 11.4. The van der Waals surface area contributed by atoms with Gasteiger partial charge in [-0.15, -0.1) is 0 Å². The van der Waals surface area contributed by atoms with Gasteiger partial charge in [0.25, 0.3) is 5.91 Å². The van der Waals surface area contributed by atoms with Crippen molar-refractivity contribution >= 4 is 17.4 Å². The van der Waals surface area contributed by atoms with Crippen molar-refractivity contribution in [2.75, 3.05) is 5.32 Å². The molecule has 1 amide bonds. The second kappa shape index (κ2) is 7.98. The van der Waals surface area contributed by atoms with Crippen molar-refractivity contribution < 1.29 is 4.79 Å². The second-order valence-electron chi connectivity index (χ2n) is 4.47. The highest BCUT2D eigenvalue weighted by Gasteiger charge is 2.12. The summed E-state index contributed by atoms with van der Waals surface area (Å²) >= 11 is 0. The number of nitrogens with two attached hydrogens (primary N) is 1. The molecule has 2 rings (SSSR count). The van der Waals surface area contributed by atoms with E-state index >= 15 is 0 Å². The Morgan fingerprint density at radius 2 is 2.05 bits per heavy atom. The molecule has 0 saturated heterocycles. The number of rotatable bonds is 4. The molecular weight excluding hydrogens is 268 g/mol. The van der Waals surface area contributed by atoms with Crippen molar-refractivity contribution in [2.24, 2.45) is 12.8 Å². The SMILES string of the molecule is CCC.CCc1ncc(Nc2ccn(C)n2)c(C(N)=O)n1. The molecule has 0 aromatic carbocycles. The summed E-state index contributed by atoms with van der Waals surface area (Å²) < 4.78 is 1.65. The Morgan fingerprint density at radius 1 is 1.38 bits per heavy atom. The second-order valence-corrected chi connectivity index (χ2v) is 4.47. The predicted octanol–water partition coefficient (Wildman–Crippen LogP) is 2.03. The van der Waals surface area contributed by atoms with E-state index in [0.717, 1.165) is 0 Å². The molecule has 21 heavy (non-hydrogen) atoms. The van der Waals surface area contributed by atoms with Gasteiger partial charge in [-0.1, -0.05) is 27.2 Å². The van der Waals surface area contributed by atoms with E-state index in [-0.39, 0.29) is 5.69 Å². The number of nitrogens with zero attached hydrogens (tertiary/aromatic N) is 4. The summed E-state index contributed by atoms with van der Waals surface area (Å²) in [5.74, 6) is 0.591. The summed E-state index contributed by atoms with van der Waals surface area (Å²) in [6.07, 6.45) is 5.22. The summed E-state index contributed by atoms with van der Waals surface area (Å²) in [6, 6.07) is 1.78. The molecule has 0 fully saturated rings. The third-order valence-corrected chi connectivity index (χ3v) is 2.36. The van der Waals surface area contributed by atoms with E-state index in [9.17, 15) is 4.79 Å². The van der Waals surface area contributed by atoms with Crippen molar-refractivity contribution in [3.05, 3.63) is 30.0 Å². The van der Waals surface area contributed by atoms with E-state index in [1.807, 2.05) is 6.92 Å². The molecule has 2 aromatic rings. The van der Waals surface area contributed by atoms with Crippen LogP contribution in [0.4, 0.5) is 11.5 Å². The minimum absolute atomic E-state index is 0.174. The summed E-state index contributed by atoms with van der Waals surface area (Å²) in [5, 5.41) is 7.12. The Hall–Kier alpha value is -2.44. The van der Waals surface area contributed by atoms with Crippen LogP contribution in [0.15, 0.2) is 18.5 Å². The Bertz CT molecular complexity index is 593. The van der Waals surface area contributed by atoms with Crippen LogP contribution in [-0.2, 0) is 13.5 Å². The van der Waals surface area contributed by atoms with Gasteiger partial charge in [0, 0.05) is 25.7 Å². The Kier molecular flexibility index (Phi) is 6.32. The number of aromatic nitrogens is 4. The summed E-state index contributed by atoms with van der Waals surface area (Å²) in [7, 11) is 1.80. The van der Waals surface area contributed by atoms with Gasteiger partial charge in [-0.05, 0) is 0 Å². The first-order chi connectivity index (χ1) is 10.0. The van der Waals surface area contributed by atoms with Crippen LogP contribution in [0.1, 0.15) is 43.5 Å². The van der Waals surface area contributed by atoms with Crippen molar-refractivity contribution in [1.82, 2.24) is 19.7 Å². The van der Waals surface area contributed by atoms with Crippen LogP contribution in [0, 0.1) is 0 Å². The minimum atomic E-state index is -0.592. The van der Waals surface area contributed by atoms with E-state index < -0.39 is 5.91 Å². The van der Waals surface area contributed by atoms with E-state index in [0.29, 0.717) is 23.8 Å². The van der Waals surface area contributed by atoms with Crippen molar-refractivity contribution in [3.8, 4) is 0 Å². The van der Waals surface area contributed by atoms with Gasteiger partial charge in [0.05, 0.1) is 11.9 Å². The maximum atomic E-state index is 11.4. The van der Waals surface area contributed by atoms with Crippen LogP contribution in [0.3, 0.4) is 0 Å². The Morgan fingerprint density at radius 3 is 2.52 bits per heavy atom. The van der Waals surface area contributed by atoms with Gasteiger partial charge in [0.2, 0.25) is 0 Å². The van der Waals surface area contributed by atoms with Gasteiger partial charge in [-0.3, -0.25) is 9.48 Å². The van der Waals surface area contributed by atoms with Crippen LogP contribution >= 0.6 is 0 Å². The number of aryl methyl sites for hydroxylation is 2. The molecule has 0 aliphatic rings. The molecule has 2 aromatic heterocycles. The zero-order chi connectivity index (χ0) is 15.8. The molecule has 0 radical (unpaired) electrons. The third kappa shape index (κ3) is 4.87. The quantitative estimate of drug-likeness (QED) is 0.897. The molecule has 0 aliphatic heterocycles. The lowest BCUT2D eigenvalue weighted by atomic mass is 10.3. The standard InChI is InChI=1S/C11H14N6O.C3H8/c1-3-8-13-6-7(10(15-8)11(12)18)14-9-4-5-17(2)16-9;1-3-2/h4-6H,3H2,1-2H3,(H2,12,18)(H,14,16);3H2,1-2H3. The fourth-order valence-electron chi connectivity index (χ4n) is 1.49. The largest absolute Gasteiger partial charge is 0.364 e. The van der Waals surface area contributed by atoms with Gasteiger partial charge in [0.1, 0.15) is 5.82 Å². The van der Waals surface area contributed by atoms with E-state index in [1.54, 1.807) is 30.2 Å². The van der Waals surface area contributed by atoms with Gasteiger partial charge in [-0.2, -0.15) is 5.10 Å². The predicted molar refractivity (Wildman–Crippen MR) is 82.4 cm³/mol. The highest BCUT2D eigenvalue weighted by atomic mass is 16.1. The molecule has 0 spiro atoms. The van der Waals surface area contributed by atoms with E-state index in [1.165, 1.54) is 6.42 Å². The first-order valence-corrected chi connectivity index (χ1v) is 6.94. The molecular formula is C14H22N6O. The lowest BCUT2D eigenvalue weighted by Crippen LogP contribution is -2.17. The van der Waals surface area contributed by atoms with Gasteiger partial charge in [0.15, 0.2) is 11.5 Å². The molecule has 0 atom stereocenters. The minimum Gasteiger partial charge on any atom is -0.364 e. The lowest BCUT2D eigenvalue weighted by Gasteiger charge is -2.07. The van der Waals surface area contributed by atoms with Crippen LogP contribution in [0.2, 0.25) is 0 Å². The summed E-state index contributed by atoms with van der Waals surface area (Å²) in [5.41, 5.74) is 5.93. The molecule has 2 heterocycles. The number of primary amides is 1. The smallest absolute Gasteiger partial charge is 0.269 e. The van der Waals surface area contributed by atoms with Crippen LogP contribution in [0.5, 0.6) is 0 Å². The first kappa shape index (κ1) is 16.6. The fourth-order valence-corrected chi connectivity index (χ4v) is 1.49. The number of hydrogen-bond donors (Lipinski definition) is 2. The number of anilines is 2. The van der Waals surface area contributed by atoms with E-state index in [4.69, 9.17) is 5.73 Å². The first-order valence-electron chi connectivity index (χ1n) is 6.94. The third-order valence-electron chi connectivity index (χ3n) is 2.36. The maximum Gasteiger partial charge on any atom is 0.269 e. The number of carbonyl (C=O) groups is 1. The van der Waals surface area contributed by atoms with Gasteiger partial charge >= 0.3 is 0 Å². The van der Waals surface area contributed by atoms with E-state index in [2.05, 4.69) is 34.2 Å². The average molecular weight is 290 g/mol. The number of hydrogen-bond acceptors (Lipinski definition) is 5. The average Bonchev–Trinajstić information content (AvgIpc) is 2.85. The molecule has 7 nitrogen and oxygen atoms in total. The molecule has 0 bridgehead atoms. The topological polar surface area (TPSA) is 98.7 Å². The molecule has 0 saturated carbocycles. The lowest BCUT2D eigenvalue weighted by molar-refractivity contribution is 0.0996. The molecule has 7 heteroatoms. The summed E-state index contributed by atoms with van der Waals surface area (Å²) in [4.78, 5) is 19.6. The Labute approximate surface area is 124 Å². The molecule has 0 aliphatic carbocycles. The highest BCUT2D eigenvalue weighted by Crippen LogP contribution is 2.17. The van der Waals surface area contributed by atoms with Crippen molar-refractivity contribution in [2.45, 2.75) is 33.6 Å². The zero-order valence-electron chi connectivity index (χ0n) is 12.9. The monoisotopic (exact) mass is 290 g/mol. The number of amides is 1. The van der Waals surface area contributed by atoms with Crippen LogP contribution in [0.25, 0.3) is 0 Å². The summed E-state index contributed by atoms with van der Waals surface area (Å²) in [6.45, 7) is 6.16. The molecule has 114 valence electrons. The normalized spacial score (nSPS) is 9.71. The number of carbonyl (C=O) groups excluding carboxylic acids is 1. The van der Waals surface area contributed by atoms with Gasteiger partial charge in [-0.25, -0.2) is 9.97 Å². The van der Waals surface area contributed by atoms with Crippen molar-refractivity contribution in [3.63, 3.8) is 0 Å². The van der Waals surface area contributed by atoms with Crippen molar-refractivity contribution in [1.29, 1.82) is 0 Å². The number of nitrogens with one attached hydrogen (secondary N) is 1. The van der Waals surface area contributed by atoms with Crippen LogP contribution < -0.4 is 11.1 Å². The molecule has 3 N–H and O–H groups in total. The Balaban J connectivity index is 0.000000677. The molecule has 0 unspecified atom stereocenters. The fraction of sp³-hybridized carbons (Fsp3) is 0.429. The highest BCUT2D eigenvalue weighted by molar-refractivity contribution is 5.96. The zero-order valence-corrected chi connectivity index (χ0v) is 12.9. The van der Waals surface area contributed by atoms with Gasteiger partial charge < -0.3 is 11.1 Å². The van der Waals surface area contributed by atoms with Crippen LogP contribution in [-0.4, -0.2) is 25.7 Å².